The third-order valence-electron chi connectivity index (χ3n) is 5.09. The Morgan fingerprint density at radius 3 is 2.47 bits per heavy atom. The van der Waals surface area contributed by atoms with E-state index in [4.69, 9.17) is 5.26 Å². The molecule has 0 bridgehead atoms. The van der Waals surface area contributed by atoms with Gasteiger partial charge in [-0.2, -0.15) is 10.5 Å². The lowest BCUT2D eigenvalue weighted by Gasteiger charge is -2.17. The summed E-state index contributed by atoms with van der Waals surface area (Å²) in [7, 11) is 1.67. The SMILES string of the molecule is CN(C(=O)c1cn2c(-c3ccc(-c4nn[nH]n4)cc3)cnc2cn1)c1ccc(C#N)cc1. The van der Waals surface area contributed by atoms with E-state index in [0.29, 0.717) is 22.7 Å². The molecule has 0 unspecified atom stereocenters. The van der Waals surface area contributed by atoms with Gasteiger partial charge in [0.05, 0.1) is 29.7 Å². The lowest BCUT2D eigenvalue weighted by Crippen LogP contribution is -2.27. The number of tetrazole rings is 1. The van der Waals surface area contributed by atoms with Crippen LogP contribution in [0.3, 0.4) is 0 Å². The number of carbonyl (C=O) groups is 1. The first-order chi connectivity index (χ1) is 15.6. The predicted molar refractivity (Wildman–Crippen MR) is 115 cm³/mol. The van der Waals surface area contributed by atoms with E-state index in [0.717, 1.165) is 16.8 Å². The van der Waals surface area contributed by atoms with Gasteiger partial charge >= 0.3 is 0 Å². The van der Waals surface area contributed by atoms with Gasteiger partial charge in [-0.05, 0) is 29.5 Å². The van der Waals surface area contributed by atoms with Crippen LogP contribution in [0, 0.1) is 11.3 Å². The Kier molecular flexibility index (Phi) is 4.61. The average Bonchev–Trinajstić information content (AvgIpc) is 3.53. The number of hydrogen-bond acceptors (Lipinski definition) is 7. The summed E-state index contributed by atoms with van der Waals surface area (Å²) < 4.78 is 1.83. The van der Waals surface area contributed by atoms with Crippen LogP contribution in [0.15, 0.2) is 67.1 Å². The fourth-order valence-electron chi connectivity index (χ4n) is 3.34. The molecule has 1 N–H and O–H groups in total. The number of anilines is 1. The van der Waals surface area contributed by atoms with Crippen molar-refractivity contribution in [2.45, 2.75) is 0 Å². The van der Waals surface area contributed by atoms with Gasteiger partial charge in [0.2, 0.25) is 5.82 Å². The summed E-state index contributed by atoms with van der Waals surface area (Å²) in [5.74, 6) is 0.237. The van der Waals surface area contributed by atoms with Crippen LogP contribution in [0.25, 0.3) is 28.3 Å². The first kappa shape index (κ1) is 19.1. The molecule has 10 heteroatoms. The zero-order valence-electron chi connectivity index (χ0n) is 16.8. The molecule has 0 aliphatic carbocycles. The number of imidazole rings is 1. The number of fused-ring (bicyclic) bond motifs is 1. The van der Waals surface area contributed by atoms with E-state index in [1.54, 1.807) is 49.9 Å². The standard InChI is InChI=1S/C22H15N9O/c1-30(17-8-2-14(10-23)3-9-17)22(32)18-13-31-19(11-25-20(31)12-24-18)15-4-6-16(7-5-15)21-26-28-29-27-21/h2-9,11-13H,1H3,(H,26,27,28,29). The van der Waals surface area contributed by atoms with E-state index in [2.05, 4.69) is 36.7 Å². The number of aromatic nitrogens is 7. The van der Waals surface area contributed by atoms with E-state index >= 15 is 0 Å². The normalized spacial score (nSPS) is 10.8. The molecule has 2 aromatic carbocycles. The van der Waals surface area contributed by atoms with Crippen LogP contribution in [-0.4, -0.2) is 47.9 Å². The highest BCUT2D eigenvalue weighted by atomic mass is 16.2. The lowest BCUT2D eigenvalue weighted by atomic mass is 10.1. The van der Waals surface area contributed by atoms with Gasteiger partial charge in [0.25, 0.3) is 5.91 Å². The quantitative estimate of drug-likeness (QED) is 0.472. The molecule has 32 heavy (non-hydrogen) atoms. The van der Waals surface area contributed by atoms with Crippen molar-refractivity contribution in [3.8, 4) is 28.7 Å². The summed E-state index contributed by atoms with van der Waals surface area (Å²) in [5, 5.41) is 22.9. The van der Waals surface area contributed by atoms with Gasteiger partial charge in [-0.25, -0.2) is 9.97 Å². The molecule has 0 aliphatic heterocycles. The van der Waals surface area contributed by atoms with Gasteiger partial charge in [-0.3, -0.25) is 9.20 Å². The molecular formula is C22H15N9O. The smallest absolute Gasteiger partial charge is 0.278 e. The number of nitriles is 1. The largest absolute Gasteiger partial charge is 0.310 e. The fraction of sp³-hybridized carbons (Fsp3) is 0.0455. The second kappa shape index (κ2) is 7.73. The molecule has 3 heterocycles. The molecule has 0 saturated carbocycles. The number of carbonyl (C=O) groups excluding carboxylic acids is 1. The molecule has 0 radical (unpaired) electrons. The van der Waals surface area contributed by atoms with Crippen LogP contribution in [0.2, 0.25) is 0 Å². The maximum absolute atomic E-state index is 13.0. The van der Waals surface area contributed by atoms with E-state index in [9.17, 15) is 4.79 Å². The molecule has 0 aliphatic rings. The minimum Gasteiger partial charge on any atom is -0.310 e. The molecule has 154 valence electrons. The maximum atomic E-state index is 13.0. The number of hydrogen-bond donors (Lipinski definition) is 1. The minimum absolute atomic E-state index is 0.270. The number of benzene rings is 2. The highest BCUT2D eigenvalue weighted by molar-refractivity contribution is 6.04. The van der Waals surface area contributed by atoms with Crippen molar-refractivity contribution in [2.24, 2.45) is 0 Å². The highest BCUT2D eigenvalue weighted by Crippen LogP contribution is 2.24. The van der Waals surface area contributed by atoms with Crippen LogP contribution < -0.4 is 4.90 Å². The number of nitrogens with one attached hydrogen (secondary N) is 1. The minimum atomic E-state index is -0.274. The molecule has 0 saturated heterocycles. The van der Waals surface area contributed by atoms with Gasteiger partial charge < -0.3 is 4.90 Å². The average molecular weight is 421 g/mol. The Morgan fingerprint density at radius 1 is 1.03 bits per heavy atom. The van der Waals surface area contributed by atoms with Crippen molar-refractivity contribution in [3.63, 3.8) is 0 Å². The van der Waals surface area contributed by atoms with E-state index in [1.807, 2.05) is 28.7 Å². The molecule has 0 fully saturated rings. The van der Waals surface area contributed by atoms with Crippen molar-refractivity contribution < 1.29 is 4.79 Å². The summed E-state index contributed by atoms with van der Waals surface area (Å²) in [4.78, 5) is 23.2. The second-order valence-corrected chi connectivity index (χ2v) is 6.98. The Morgan fingerprint density at radius 2 is 1.78 bits per heavy atom. The monoisotopic (exact) mass is 421 g/mol. The molecule has 3 aromatic heterocycles. The summed E-state index contributed by atoms with van der Waals surface area (Å²) in [5.41, 5.74) is 4.65. The Labute approximate surface area is 181 Å². The van der Waals surface area contributed by atoms with Crippen LogP contribution in [0.5, 0.6) is 0 Å². The van der Waals surface area contributed by atoms with Crippen LogP contribution in [0.1, 0.15) is 16.1 Å². The molecule has 0 atom stereocenters. The Balaban J connectivity index is 1.47. The molecule has 10 nitrogen and oxygen atoms in total. The third kappa shape index (κ3) is 3.33. The molecule has 1 amide bonds. The van der Waals surface area contributed by atoms with Gasteiger partial charge in [0, 0.05) is 30.1 Å². The number of aromatic amines is 1. The van der Waals surface area contributed by atoms with E-state index in [1.165, 1.54) is 4.90 Å². The number of H-pyrrole nitrogens is 1. The summed E-state index contributed by atoms with van der Waals surface area (Å²) >= 11 is 0. The van der Waals surface area contributed by atoms with Crippen molar-refractivity contribution in [1.82, 2.24) is 35.0 Å². The van der Waals surface area contributed by atoms with Crippen molar-refractivity contribution in [2.75, 3.05) is 11.9 Å². The maximum Gasteiger partial charge on any atom is 0.278 e. The summed E-state index contributed by atoms with van der Waals surface area (Å²) in [6.45, 7) is 0. The van der Waals surface area contributed by atoms with Crippen LogP contribution in [-0.2, 0) is 0 Å². The van der Waals surface area contributed by atoms with Crippen molar-refractivity contribution in [1.29, 1.82) is 5.26 Å². The Hall–Kier alpha value is -4.91. The van der Waals surface area contributed by atoms with Crippen LogP contribution in [0.4, 0.5) is 5.69 Å². The fourth-order valence-corrected chi connectivity index (χ4v) is 3.34. The molecule has 0 spiro atoms. The van der Waals surface area contributed by atoms with E-state index < -0.39 is 0 Å². The number of amides is 1. The van der Waals surface area contributed by atoms with Gasteiger partial charge in [-0.1, -0.05) is 24.3 Å². The highest BCUT2D eigenvalue weighted by Gasteiger charge is 2.17. The Bertz CT molecular complexity index is 1450. The number of rotatable bonds is 4. The van der Waals surface area contributed by atoms with Crippen LogP contribution >= 0.6 is 0 Å². The summed E-state index contributed by atoms with van der Waals surface area (Å²) in [6.07, 6.45) is 4.98. The first-order valence-electron chi connectivity index (χ1n) is 9.59. The van der Waals surface area contributed by atoms with Gasteiger partial charge in [-0.15, -0.1) is 10.2 Å². The zero-order valence-corrected chi connectivity index (χ0v) is 16.8. The van der Waals surface area contributed by atoms with Gasteiger partial charge in [0.1, 0.15) is 5.69 Å². The topological polar surface area (TPSA) is 129 Å². The van der Waals surface area contributed by atoms with Crippen molar-refractivity contribution in [3.05, 3.63) is 78.4 Å². The predicted octanol–water partition coefficient (Wildman–Crippen LogP) is 2.72. The third-order valence-corrected chi connectivity index (χ3v) is 5.09. The second-order valence-electron chi connectivity index (χ2n) is 6.98. The number of nitrogens with zero attached hydrogens (tertiary/aromatic N) is 8. The van der Waals surface area contributed by atoms with E-state index in [-0.39, 0.29) is 11.6 Å². The lowest BCUT2D eigenvalue weighted by molar-refractivity contribution is 0.0988. The molecule has 5 aromatic rings. The molecule has 5 rings (SSSR count). The molecular weight excluding hydrogens is 406 g/mol. The summed E-state index contributed by atoms with van der Waals surface area (Å²) in [6, 6.07) is 16.5. The van der Waals surface area contributed by atoms with Gasteiger partial charge in [0.15, 0.2) is 5.65 Å². The first-order valence-corrected chi connectivity index (χ1v) is 9.59. The zero-order chi connectivity index (χ0) is 22.1. The van der Waals surface area contributed by atoms with Crippen molar-refractivity contribution >= 4 is 17.2 Å².